The first kappa shape index (κ1) is 18.2. The highest BCUT2D eigenvalue weighted by Crippen LogP contribution is 2.26. The van der Waals surface area contributed by atoms with E-state index in [1.165, 1.54) is 18.6 Å². The van der Waals surface area contributed by atoms with Gasteiger partial charge in [-0.05, 0) is 53.8 Å². The molecule has 0 aromatic heterocycles. The molecule has 0 saturated heterocycles. The molecule has 1 aliphatic carbocycles. The standard InChI is InChI=1S/C23H21FN2O2/c24-17-11-12-21(20(13-17)22(27)25-14-15-5-3-6-15)26-23(28)19-10-4-8-16-7-1-2-9-18(16)19/h1-2,4,7-13,15H,3,5-6,14H2,(H,25,27)(H,26,28). The Morgan fingerprint density at radius 3 is 2.50 bits per heavy atom. The number of rotatable bonds is 5. The number of hydrogen-bond acceptors (Lipinski definition) is 2. The third-order valence-electron chi connectivity index (χ3n) is 5.28. The lowest BCUT2D eigenvalue weighted by Gasteiger charge is -2.25. The molecule has 0 heterocycles. The van der Waals surface area contributed by atoms with E-state index >= 15 is 0 Å². The van der Waals surface area contributed by atoms with Gasteiger partial charge in [0.1, 0.15) is 5.82 Å². The van der Waals surface area contributed by atoms with Crippen molar-refractivity contribution in [2.24, 2.45) is 5.92 Å². The monoisotopic (exact) mass is 376 g/mol. The van der Waals surface area contributed by atoms with Gasteiger partial charge in [0.05, 0.1) is 11.3 Å². The van der Waals surface area contributed by atoms with E-state index in [4.69, 9.17) is 0 Å². The Morgan fingerprint density at radius 2 is 1.71 bits per heavy atom. The first-order valence-corrected chi connectivity index (χ1v) is 9.48. The summed E-state index contributed by atoms with van der Waals surface area (Å²) in [6, 6.07) is 16.9. The van der Waals surface area contributed by atoms with Crippen LogP contribution in [-0.2, 0) is 0 Å². The van der Waals surface area contributed by atoms with Crippen LogP contribution in [-0.4, -0.2) is 18.4 Å². The van der Waals surface area contributed by atoms with Crippen LogP contribution in [0.4, 0.5) is 10.1 Å². The van der Waals surface area contributed by atoms with Crippen molar-refractivity contribution in [3.05, 3.63) is 77.6 Å². The average Bonchev–Trinajstić information content (AvgIpc) is 2.67. The molecule has 5 heteroatoms. The van der Waals surface area contributed by atoms with Crippen molar-refractivity contribution in [2.75, 3.05) is 11.9 Å². The number of carbonyl (C=O) groups excluding carboxylic acids is 2. The van der Waals surface area contributed by atoms with E-state index in [0.29, 0.717) is 23.7 Å². The van der Waals surface area contributed by atoms with Crippen LogP contribution < -0.4 is 10.6 Å². The maximum atomic E-state index is 13.8. The van der Waals surface area contributed by atoms with Crippen LogP contribution in [0.3, 0.4) is 0 Å². The molecule has 1 aliphatic rings. The van der Waals surface area contributed by atoms with E-state index in [1.54, 1.807) is 6.07 Å². The number of nitrogens with one attached hydrogen (secondary N) is 2. The first-order valence-electron chi connectivity index (χ1n) is 9.48. The molecule has 0 spiro atoms. The second-order valence-electron chi connectivity index (χ2n) is 7.18. The molecule has 0 aliphatic heterocycles. The average molecular weight is 376 g/mol. The molecule has 1 saturated carbocycles. The van der Waals surface area contributed by atoms with Crippen LogP contribution in [0.25, 0.3) is 10.8 Å². The number of carbonyl (C=O) groups is 2. The molecule has 28 heavy (non-hydrogen) atoms. The van der Waals surface area contributed by atoms with E-state index in [2.05, 4.69) is 10.6 Å². The summed E-state index contributed by atoms with van der Waals surface area (Å²) in [6.45, 7) is 0.575. The van der Waals surface area contributed by atoms with Crippen molar-refractivity contribution in [3.8, 4) is 0 Å². The molecule has 4 nitrogen and oxygen atoms in total. The van der Waals surface area contributed by atoms with Gasteiger partial charge in [-0.2, -0.15) is 0 Å². The molecule has 4 rings (SSSR count). The van der Waals surface area contributed by atoms with E-state index in [0.717, 1.165) is 29.7 Å². The summed E-state index contributed by atoms with van der Waals surface area (Å²) in [7, 11) is 0. The maximum Gasteiger partial charge on any atom is 0.256 e. The summed E-state index contributed by atoms with van der Waals surface area (Å²) >= 11 is 0. The van der Waals surface area contributed by atoms with Crippen LogP contribution in [0.1, 0.15) is 40.0 Å². The summed E-state index contributed by atoms with van der Waals surface area (Å²) in [5, 5.41) is 7.40. The lowest BCUT2D eigenvalue weighted by molar-refractivity contribution is 0.0939. The molecule has 3 aromatic rings. The molecule has 0 bridgehead atoms. The summed E-state index contributed by atoms with van der Waals surface area (Å²) in [5.41, 5.74) is 0.932. The van der Waals surface area contributed by atoms with Gasteiger partial charge in [-0.25, -0.2) is 4.39 Å². The smallest absolute Gasteiger partial charge is 0.256 e. The van der Waals surface area contributed by atoms with Gasteiger partial charge in [0.15, 0.2) is 0 Å². The predicted molar refractivity (Wildman–Crippen MR) is 108 cm³/mol. The van der Waals surface area contributed by atoms with Gasteiger partial charge < -0.3 is 10.6 Å². The van der Waals surface area contributed by atoms with Crippen molar-refractivity contribution in [1.29, 1.82) is 0 Å². The molecular formula is C23H21FN2O2. The highest BCUT2D eigenvalue weighted by Gasteiger charge is 2.20. The fourth-order valence-electron chi connectivity index (χ4n) is 3.46. The van der Waals surface area contributed by atoms with Gasteiger partial charge in [-0.3, -0.25) is 9.59 Å². The molecule has 2 N–H and O–H groups in total. The summed E-state index contributed by atoms with van der Waals surface area (Å²) in [4.78, 5) is 25.4. The minimum atomic E-state index is -0.517. The SMILES string of the molecule is O=C(NCC1CCC1)c1cc(F)ccc1NC(=O)c1cccc2ccccc12. The van der Waals surface area contributed by atoms with Gasteiger partial charge in [0, 0.05) is 12.1 Å². The van der Waals surface area contributed by atoms with Gasteiger partial charge >= 0.3 is 0 Å². The maximum absolute atomic E-state index is 13.8. The fraction of sp³-hybridized carbons (Fsp3) is 0.217. The molecule has 3 aromatic carbocycles. The van der Waals surface area contributed by atoms with Crippen molar-refractivity contribution in [1.82, 2.24) is 5.32 Å². The number of halogens is 1. The molecule has 0 radical (unpaired) electrons. The fourth-order valence-corrected chi connectivity index (χ4v) is 3.46. The van der Waals surface area contributed by atoms with E-state index in [-0.39, 0.29) is 17.4 Å². The van der Waals surface area contributed by atoms with Crippen molar-refractivity contribution in [2.45, 2.75) is 19.3 Å². The lowest BCUT2D eigenvalue weighted by Crippen LogP contribution is -2.32. The Balaban J connectivity index is 1.58. The Kier molecular flexibility index (Phi) is 5.06. The van der Waals surface area contributed by atoms with Crippen molar-refractivity contribution >= 4 is 28.3 Å². The van der Waals surface area contributed by atoms with Crippen LogP contribution in [0.5, 0.6) is 0 Å². The highest BCUT2D eigenvalue weighted by molar-refractivity contribution is 6.14. The summed E-state index contributed by atoms with van der Waals surface area (Å²) in [6.07, 6.45) is 3.40. The molecule has 1 fully saturated rings. The summed E-state index contributed by atoms with van der Waals surface area (Å²) in [5.74, 6) is -0.737. The van der Waals surface area contributed by atoms with E-state index in [9.17, 15) is 14.0 Å². The van der Waals surface area contributed by atoms with Crippen LogP contribution in [0, 0.1) is 11.7 Å². The first-order chi connectivity index (χ1) is 13.6. The second kappa shape index (κ2) is 7.80. The highest BCUT2D eigenvalue weighted by atomic mass is 19.1. The number of hydrogen-bond donors (Lipinski definition) is 2. The zero-order valence-corrected chi connectivity index (χ0v) is 15.4. The number of anilines is 1. The third kappa shape index (κ3) is 3.74. The Morgan fingerprint density at radius 1 is 0.929 bits per heavy atom. The van der Waals surface area contributed by atoms with E-state index < -0.39 is 5.82 Å². The summed E-state index contributed by atoms with van der Waals surface area (Å²) < 4.78 is 13.8. The van der Waals surface area contributed by atoms with Crippen LogP contribution in [0.2, 0.25) is 0 Å². The van der Waals surface area contributed by atoms with Gasteiger partial charge in [-0.15, -0.1) is 0 Å². The molecule has 0 unspecified atom stereocenters. The largest absolute Gasteiger partial charge is 0.352 e. The van der Waals surface area contributed by atoms with E-state index in [1.807, 2.05) is 36.4 Å². The zero-order valence-electron chi connectivity index (χ0n) is 15.4. The Labute approximate surface area is 162 Å². The normalized spacial score (nSPS) is 13.8. The van der Waals surface area contributed by atoms with Gasteiger partial charge in [-0.1, -0.05) is 42.8 Å². The Bertz CT molecular complexity index is 1040. The topological polar surface area (TPSA) is 58.2 Å². The van der Waals surface area contributed by atoms with Crippen molar-refractivity contribution < 1.29 is 14.0 Å². The van der Waals surface area contributed by atoms with Crippen molar-refractivity contribution in [3.63, 3.8) is 0 Å². The molecule has 142 valence electrons. The minimum absolute atomic E-state index is 0.132. The molecular weight excluding hydrogens is 355 g/mol. The number of benzene rings is 3. The zero-order chi connectivity index (χ0) is 19.5. The quantitative estimate of drug-likeness (QED) is 0.674. The predicted octanol–water partition coefficient (Wildman–Crippen LogP) is 4.76. The molecule has 0 atom stereocenters. The number of fused-ring (bicyclic) bond motifs is 1. The molecule has 2 amide bonds. The minimum Gasteiger partial charge on any atom is -0.352 e. The van der Waals surface area contributed by atoms with Crippen LogP contribution in [0.15, 0.2) is 60.7 Å². The van der Waals surface area contributed by atoms with Gasteiger partial charge in [0.25, 0.3) is 11.8 Å². The lowest BCUT2D eigenvalue weighted by atomic mass is 9.85. The van der Waals surface area contributed by atoms with Crippen LogP contribution >= 0.6 is 0 Å². The Hall–Kier alpha value is -3.21. The third-order valence-corrected chi connectivity index (χ3v) is 5.28. The second-order valence-corrected chi connectivity index (χ2v) is 7.18. The number of amides is 2. The van der Waals surface area contributed by atoms with Gasteiger partial charge in [0.2, 0.25) is 0 Å².